The topological polar surface area (TPSA) is 38.0 Å². The minimum absolute atomic E-state index is 0.772. The van der Waals surface area contributed by atoms with Gasteiger partial charge in [0.15, 0.2) is 0 Å². The molecule has 2 heteroatoms. The molecule has 78 valence electrons. The summed E-state index contributed by atoms with van der Waals surface area (Å²) in [6, 6.07) is 0.772. The molecule has 1 rings (SSSR count). The molecule has 0 bridgehead atoms. The van der Waals surface area contributed by atoms with Gasteiger partial charge in [0.1, 0.15) is 0 Å². The zero-order chi connectivity index (χ0) is 9.68. The SMILES string of the molecule is CC(C)CC1CCC(CCN)CN1. The van der Waals surface area contributed by atoms with Gasteiger partial charge in [0.25, 0.3) is 0 Å². The van der Waals surface area contributed by atoms with Crippen LogP contribution >= 0.6 is 0 Å². The molecule has 2 unspecified atom stereocenters. The number of piperidine rings is 1. The molecule has 1 heterocycles. The van der Waals surface area contributed by atoms with Crippen LogP contribution in [0.25, 0.3) is 0 Å². The first-order valence-corrected chi connectivity index (χ1v) is 5.65. The van der Waals surface area contributed by atoms with Crippen LogP contribution in [0.3, 0.4) is 0 Å². The van der Waals surface area contributed by atoms with E-state index < -0.39 is 0 Å². The largest absolute Gasteiger partial charge is 0.330 e. The Morgan fingerprint density at radius 2 is 2.15 bits per heavy atom. The first-order valence-electron chi connectivity index (χ1n) is 5.65. The van der Waals surface area contributed by atoms with Gasteiger partial charge in [-0.2, -0.15) is 0 Å². The van der Waals surface area contributed by atoms with Crippen molar-refractivity contribution in [3.63, 3.8) is 0 Å². The summed E-state index contributed by atoms with van der Waals surface area (Å²) in [6.07, 6.45) is 5.25. The van der Waals surface area contributed by atoms with Crippen molar-refractivity contribution in [1.29, 1.82) is 0 Å². The molecule has 0 amide bonds. The predicted octanol–water partition coefficient (Wildman–Crippen LogP) is 1.75. The fraction of sp³-hybridized carbons (Fsp3) is 1.00. The van der Waals surface area contributed by atoms with Crippen LogP contribution in [-0.2, 0) is 0 Å². The standard InChI is InChI=1S/C11H24N2/c1-9(2)7-11-4-3-10(5-6-12)8-13-11/h9-11,13H,3-8,12H2,1-2H3. The van der Waals surface area contributed by atoms with Crippen molar-refractivity contribution in [2.75, 3.05) is 13.1 Å². The summed E-state index contributed by atoms with van der Waals surface area (Å²) in [6.45, 7) is 6.64. The zero-order valence-corrected chi connectivity index (χ0v) is 9.05. The van der Waals surface area contributed by atoms with E-state index in [4.69, 9.17) is 5.73 Å². The highest BCUT2D eigenvalue weighted by molar-refractivity contribution is 4.78. The molecule has 1 aliphatic heterocycles. The molecule has 2 nitrogen and oxygen atoms in total. The highest BCUT2D eigenvalue weighted by atomic mass is 14.9. The van der Waals surface area contributed by atoms with Gasteiger partial charge in [-0.1, -0.05) is 13.8 Å². The number of rotatable bonds is 4. The van der Waals surface area contributed by atoms with Crippen LogP contribution in [0.5, 0.6) is 0 Å². The van der Waals surface area contributed by atoms with Crippen LogP contribution in [0.4, 0.5) is 0 Å². The Labute approximate surface area is 82.3 Å². The molecular weight excluding hydrogens is 160 g/mol. The lowest BCUT2D eigenvalue weighted by molar-refractivity contribution is 0.274. The third-order valence-corrected chi connectivity index (χ3v) is 2.95. The van der Waals surface area contributed by atoms with Gasteiger partial charge >= 0.3 is 0 Å². The molecule has 0 saturated carbocycles. The summed E-state index contributed by atoms with van der Waals surface area (Å²) < 4.78 is 0. The summed E-state index contributed by atoms with van der Waals surface area (Å²) in [5, 5.41) is 3.63. The summed E-state index contributed by atoms with van der Waals surface area (Å²) in [5.74, 6) is 1.66. The molecule has 13 heavy (non-hydrogen) atoms. The first-order chi connectivity index (χ1) is 6.22. The van der Waals surface area contributed by atoms with E-state index in [2.05, 4.69) is 19.2 Å². The molecule has 0 aromatic carbocycles. The second-order valence-electron chi connectivity index (χ2n) is 4.76. The van der Waals surface area contributed by atoms with Gasteiger partial charge in [0.2, 0.25) is 0 Å². The quantitative estimate of drug-likeness (QED) is 0.698. The van der Waals surface area contributed by atoms with E-state index in [0.29, 0.717) is 0 Å². The second-order valence-corrected chi connectivity index (χ2v) is 4.76. The molecule has 3 N–H and O–H groups in total. The maximum Gasteiger partial charge on any atom is 0.00697 e. The van der Waals surface area contributed by atoms with Gasteiger partial charge in [-0.15, -0.1) is 0 Å². The molecule has 0 aromatic heterocycles. The van der Waals surface area contributed by atoms with Crippen molar-refractivity contribution >= 4 is 0 Å². The van der Waals surface area contributed by atoms with Crippen molar-refractivity contribution in [1.82, 2.24) is 5.32 Å². The van der Waals surface area contributed by atoms with Crippen LogP contribution in [0, 0.1) is 11.8 Å². The maximum absolute atomic E-state index is 5.55. The Bertz CT molecular complexity index is 126. The van der Waals surface area contributed by atoms with Gasteiger partial charge in [-0.05, 0) is 50.6 Å². The average molecular weight is 184 g/mol. The Morgan fingerprint density at radius 3 is 2.62 bits per heavy atom. The van der Waals surface area contributed by atoms with E-state index in [0.717, 1.165) is 24.4 Å². The van der Waals surface area contributed by atoms with Gasteiger partial charge in [0.05, 0.1) is 0 Å². The smallest absolute Gasteiger partial charge is 0.00697 e. The number of hydrogen-bond donors (Lipinski definition) is 2. The molecule has 1 aliphatic rings. The predicted molar refractivity (Wildman–Crippen MR) is 57.6 cm³/mol. The number of nitrogens with two attached hydrogens (primary N) is 1. The van der Waals surface area contributed by atoms with Crippen LogP contribution in [0.1, 0.15) is 39.5 Å². The van der Waals surface area contributed by atoms with Crippen molar-refractivity contribution in [2.45, 2.75) is 45.6 Å². The van der Waals surface area contributed by atoms with Gasteiger partial charge in [0, 0.05) is 6.04 Å². The third-order valence-electron chi connectivity index (χ3n) is 2.95. The van der Waals surface area contributed by atoms with E-state index in [-0.39, 0.29) is 0 Å². The highest BCUT2D eigenvalue weighted by Crippen LogP contribution is 2.20. The monoisotopic (exact) mass is 184 g/mol. The van der Waals surface area contributed by atoms with Crippen LogP contribution in [0.15, 0.2) is 0 Å². The molecule has 0 radical (unpaired) electrons. The lowest BCUT2D eigenvalue weighted by Gasteiger charge is -2.30. The first kappa shape index (κ1) is 11.0. The Balaban J connectivity index is 2.15. The van der Waals surface area contributed by atoms with Crippen LogP contribution in [-0.4, -0.2) is 19.1 Å². The molecule has 0 spiro atoms. The lowest BCUT2D eigenvalue weighted by atomic mass is 9.89. The highest BCUT2D eigenvalue weighted by Gasteiger charge is 2.20. The minimum atomic E-state index is 0.772. The van der Waals surface area contributed by atoms with Gasteiger partial charge in [-0.3, -0.25) is 0 Å². The number of nitrogens with one attached hydrogen (secondary N) is 1. The van der Waals surface area contributed by atoms with E-state index in [1.807, 2.05) is 0 Å². The van der Waals surface area contributed by atoms with Gasteiger partial charge < -0.3 is 11.1 Å². The number of hydrogen-bond acceptors (Lipinski definition) is 2. The Hall–Kier alpha value is -0.0800. The minimum Gasteiger partial charge on any atom is -0.330 e. The molecular formula is C11H24N2. The van der Waals surface area contributed by atoms with Crippen molar-refractivity contribution in [3.05, 3.63) is 0 Å². The summed E-state index contributed by atoms with van der Waals surface area (Å²) in [5.41, 5.74) is 5.55. The maximum atomic E-state index is 5.55. The molecule has 1 fully saturated rings. The summed E-state index contributed by atoms with van der Waals surface area (Å²) >= 11 is 0. The van der Waals surface area contributed by atoms with Gasteiger partial charge in [-0.25, -0.2) is 0 Å². The Morgan fingerprint density at radius 1 is 1.38 bits per heavy atom. The normalized spacial score (nSPS) is 29.5. The van der Waals surface area contributed by atoms with E-state index in [9.17, 15) is 0 Å². The average Bonchev–Trinajstić information content (AvgIpc) is 2.08. The van der Waals surface area contributed by atoms with Crippen LogP contribution < -0.4 is 11.1 Å². The van der Waals surface area contributed by atoms with Crippen molar-refractivity contribution < 1.29 is 0 Å². The molecule has 2 atom stereocenters. The lowest BCUT2D eigenvalue weighted by Crippen LogP contribution is -2.40. The third kappa shape index (κ3) is 4.10. The summed E-state index contributed by atoms with van der Waals surface area (Å²) in [4.78, 5) is 0. The fourth-order valence-corrected chi connectivity index (χ4v) is 2.23. The summed E-state index contributed by atoms with van der Waals surface area (Å²) in [7, 11) is 0. The molecule has 0 aliphatic carbocycles. The Kier molecular flexibility index (Phi) is 4.74. The van der Waals surface area contributed by atoms with Crippen LogP contribution in [0.2, 0.25) is 0 Å². The molecule has 0 aromatic rings. The molecule has 1 saturated heterocycles. The fourth-order valence-electron chi connectivity index (χ4n) is 2.23. The van der Waals surface area contributed by atoms with Crippen molar-refractivity contribution in [3.8, 4) is 0 Å². The van der Waals surface area contributed by atoms with E-state index in [1.165, 1.54) is 32.2 Å². The van der Waals surface area contributed by atoms with Crippen molar-refractivity contribution in [2.24, 2.45) is 17.6 Å². The van der Waals surface area contributed by atoms with E-state index in [1.54, 1.807) is 0 Å². The second kappa shape index (κ2) is 5.61. The van der Waals surface area contributed by atoms with E-state index >= 15 is 0 Å². The zero-order valence-electron chi connectivity index (χ0n) is 9.05.